The second-order valence-corrected chi connectivity index (χ2v) is 3.43. The van der Waals surface area contributed by atoms with Gasteiger partial charge in [-0.3, -0.25) is 0 Å². The SMILES string of the molecule is CSc1ccc(N=C=O)cc1C(F)(F)F. The molecule has 0 fully saturated rings. The third-order valence-electron chi connectivity index (χ3n) is 1.66. The minimum absolute atomic E-state index is 0.0462. The lowest BCUT2D eigenvalue weighted by Gasteiger charge is -2.11. The summed E-state index contributed by atoms with van der Waals surface area (Å²) in [5, 5.41) is 0. The minimum atomic E-state index is -4.44. The van der Waals surface area contributed by atoms with Gasteiger partial charge >= 0.3 is 6.18 Å². The number of aliphatic imine (C=N–C) groups is 1. The van der Waals surface area contributed by atoms with Crippen molar-refractivity contribution in [2.24, 2.45) is 4.99 Å². The van der Waals surface area contributed by atoms with Crippen molar-refractivity contribution in [3.63, 3.8) is 0 Å². The summed E-state index contributed by atoms with van der Waals surface area (Å²) in [7, 11) is 0. The first kappa shape index (κ1) is 11.8. The molecule has 6 heteroatoms. The van der Waals surface area contributed by atoms with Crippen LogP contribution in [0.5, 0.6) is 0 Å². The molecule has 2 nitrogen and oxygen atoms in total. The maximum atomic E-state index is 12.5. The van der Waals surface area contributed by atoms with Crippen molar-refractivity contribution in [1.29, 1.82) is 0 Å². The van der Waals surface area contributed by atoms with Crippen LogP contribution in [-0.2, 0) is 11.0 Å². The monoisotopic (exact) mass is 233 g/mol. The van der Waals surface area contributed by atoms with E-state index >= 15 is 0 Å². The zero-order chi connectivity index (χ0) is 11.5. The zero-order valence-corrected chi connectivity index (χ0v) is 8.45. The second-order valence-electron chi connectivity index (χ2n) is 2.59. The van der Waals surface area contributed by atoms with Crippen molar-refractivity contribution in [1.82, 2.24) is 0 Å². The molecule has 80 valence electrons. The van der Waals surface area contributed by atoms with Crippen LogP contribution in [0.25, 0.3) is 0 Å². The summed E-state index contributed by atoms with van der Waals surface area (Å²) in [5.74, 6) is 0. The molecule has 0 bridgehead atoms. The number of thioether (sulfide) groups is 1. The van der Waals surface area contributed by atoms with Gasteiger partial charge in [-0.05, 0) is 24.5 Å². The Balaban J connectivity index is 3.31. The third-order valence-corrected chi connectivity index (χ3v) is 2.46. The number of carbonyl (C=O) groups excluding carboxylic acids is 1. The molecule has 0 unspecified atom stereocenters. The summed E-state index contributed by atoms with van der Waals surface area (Å²) in [5.41, 5.74) is -0.832. The minimum Gasteiger partial charge on any atom is -0.211 e. The lowest BCUT2D eigenvalue weighted by atomic mass is 10.2. The molecule has 0 aliphatic heterocycles. The van der Waals surface area contributed by atoms with E-state index in [1.165, 1.54) is 18.2 Å². The number of benzene rings is 1. The molecule has 0 aromatic heterocycles. The van der Waals surface area contributed by atoms with E-state index in [0.29, 0.717) is 0 Å². The highest BCUT2D eigenvalue weighted by molar-refractivity contribution is 7.98. The molecular formula is C9H6F3NOS. The summed E-state index contributed by atoms with van der Waals surface area (Å²) in [6, 6.07) is 3.45. The van der Waals surface area contributed by atoms with E-state index in [-0.39, 0.29) is 10.6 Å². The van der Waals surface area contributed by atoms with Crippen molar-refractivity contribution in [2.75, 3.05) is 6.26 Å². The van der Waals surface area contributed by atoms with Crippen LogP contribution in [0.2, 0.25) is 0 Å². The Kier molecular flexibility index (Phi) is 3.55. The molecule has 1 aromatic rings. The molecule has 0 radical (unpaired) electrons. The molecule has 0 aliphatic carbocycles. The maximum Gasteiger partial charge on any atom is 0.417 e. The van der Waals surface area contributed by atoms with Crippen LogP contribution >= 0.6 is 11.8 Å². The Hall–Kier alpha value is -1.26. The highest BCUT2D eigenvalue weighted by atomic mass is 32.2. The Morgan fingerprint density at radius 3 is 2.53 bits per heavy atom. The van der Waals surface area contributed by atoms with Gasteiger partial charge in [-0.1, -0.05) is 0 Å². The van der Waals surface area contributed by atoms with Gasteiger partial charge in [0.15, 0.2) is 0 Å². The molecule has 0 aliphatic rings. The standard InChI is InChI=1S/C9H6F3NOS/c1-15-8-3-2-6(13-5-14)4-7(8)9(10,11)12/h2-4H,1H3. The molecule has 0 saturated carbocycles. The van der Waals surface area contributed by atoms with Gasteiger partial charge in [-0.2, -0.15) is 18.2 Å². The number of nitrogens with zero attached hydrogens (tertiary/aromatic N) is 1. The molecule has 0 atom stereocenters. The summed E-state index contributed by atoms with van der Waals surface area (Å²) < 4.78 is 37.5. The fourth-order valence-corrected chi connectivity index (χ4v) is 1.64. The second kappa shape index (κ2) is 4.51. The van der Waals surface area contributed by atoms with E-state index in [2.05, 4.69) is 4.99 Å². The highest BCUT2D eigenvalue weighted by Crippen LogP contribution is 2.37. The van der Waals surface area contributed by atoms with E-state index in [0.717, 1.165) is 17.8 Å². The lowest BCUT2D eigenvalue weighted by molar-refractivity contribution is -0.139. The molecule has 1 aromatic carbocycles. The molecule has 0 N–H and O–H groups in total. The first-order valence-electron chi connectivity index (χ1n) is 3.82. The fourth-order valence-electron chi connectivity index (χ4n) is 1.04. The molecule has 1 rings (SSSR count). The third kappa shape index (κ3) is 2.84. The number of halogens is 3. The van der Waals surface area contributed by atoms with Crippen LogP contribution in [0.15, 0.2) is 28.1 Å². The number of hydrogen-bond donors (Lipinski definition) is 0. The van der Waals surface area contributed by atoms with Gasteiger partial charge in [0.1, 0.15) is 0 Å². The summed E-state index contributed by atoms with van der Waals surface area (Å²) in [6.45, 7) is 0. The van der Waals surface area contributed by atoms with Crippen molar-refractivity contribution in [3.05, 3.63) is 23.8 Å². The predicted molar refractivity (Wildman–Crippen MR) is 51.0 cm³/mol. The van der Waals surface area contributed by atoms with Gasteiger partial charge in [0.05, 0.1) is 11.3 Å². The van der Waals surface area contributed by atoms with E-state index in [1.807, 2.05) is 0 Å². The molecule has 0 spiro atoms. The van der Waals surface area contributed by atoms with Crippen molar-refractivity contribution in [2.45, 2.75) is 11.1 Å². The predicted octanol–water partition coefficient (Wildman–Crippen LogP) is 3.39. The van der Waals surface area contributed by atoms with Gasteiger partial charge < -0.3 is 0 Å². The number of isocyanates is 1. The summed E-state index contributed by atoms with van der Waals surface area (Å²) in [6.07, 6.45) is -1.69. The van der Waals surface area contributed by atoms with Gasteiger partial charge in [0.2, 0.25) is 6.08 Å². The zero-order valence-electron chi connectivity index (χ0n) is 7.63. The molecule has 0 saturated heterocycles. The van der Waals surface area contributed by atoms with Crippen LogP contribution < -0.4 is 0 Å². The Morgan fingerprint density at radius 2 is 2.07 bits per heavy atom. The van der Waals surface area contributed by atoms with Gasteiger partial charge in [0, 0.05) is 4.90 Å². The normalized spacial score (nSPS) is 10.9. The van der Waals surface area contributed by atoms with Crippen LogP contribution in [-0.4, -0.2) is 12.3 Å². The van der Waals surface area contributed by atoms with Gasteiger partial charge in [-0.25, -0.2) is 4.79 Å². The Labute approximate surface area is 88.2 Å². The van der Waals surface area contributed by atoms with Crippen LogP contribution in [0, 0.1) is 0 Å². The van der Waals surface area contributed by atoms with E-state index in [4.69, 9.17) is 0 Å². The van der Waals surface area contributed by atoms with Crippen LogP contribution in [0.1, 0.15) is 5.56 Å². The molecule has 0 heterocycles. The first-order chi connectivity index (χ1) is 6.99. The van der Waals surface area contributed by atoms with Crippen LogP contribution in [0.4, 0.5) is 18.9 Å². The topological polar surface area (TPSA) is 29.4 Å². The highest BCUT2D eigenvalue weighted by Gasteiger charge is 2.33. The van der Waals surface area contributed by atoms with Crippen LogP contribution in [0.3, 0.4) is 0 Å². The smallest absolute Gasteiger partial charge is 0.211 e. The fraction of sp³-hybridized carbons (Fsp3) is 0.222. The Bertz CT molecular complexity index is 410. The maximum absolute atomic E-state index is 12.5. The number of hydrogen-bond acceptors (Lipinski definition) is 3. The molecule has 15 heavy (non-hydrogen) atoms. The summed E-state index contributed by atoms with van der Waals surface area (Å²) >= 11 is 0.989. The first-order valence-corrected chi connectivity index (χ1v) is 5.04. The van der Waals surface area contributed by atoms with Crippen molar-refractivity contribution >= 4 is 23.5 Å². The summed E-state index contributed by atoms with van der Waals surface area (Å²) in [4.78, 5) is 13.2. The van der Waals surface area contributed by atoms with Gasteiger partial charge in [-0.15, -0.1) is 11.8 Å². The number of alkyl halides is 3. The van der Waals surface area contributed by atoms with Crippen molar-refractivity contribution in [3.8, 4) is 0 Å². The lowest BCUT2D eigenvalue weighted by Crippen LogP contribution is -2.06. The van der Waals surface area contributed by atoms with E-state index < -0.39 is 11.7 Å². The Morgan fingerprint density at radius 1 is 1.40 bits per heavy atom. The number of rotatable bonds is 2. The molecule has 0 amide bonds. The average molecular weight is 233 g/mol. The molecular weight excluding hydrogens is 227 g/mol. The van der Waals surface area contributed by atoms with Crippen molar-refractivity contribution < 1.29 is 18.0 Å². The quantitative estimate of drug-likeness (QED) is 0.445. The van der Waals surface area contributed by atoms with Gasteiger partial charge in [0.25, 0.3) is 0 Å². The van der Waals surface area contributed by atoms with E-state index in [9.17, 15) is 18.0 Å². The average Bonchev–Trinajstić information content (AvgIpc) is 2.17. The largest absolute Gasteiger partial charge is 0.417 e. The van der Waals surface area contributed by atoms with E-state index in [1.54, 1.807) is 6.26 Å².